The highest BCUT2D eigenvalue weighted by Gasteiger charge is 2.38. The summed E-state index contributed by atoms with van der Waals surface area (Å²) >= 11 is 0. The minimum absolute atomic E-state index is 0.0581. The molecule has 232 valence electrons. The Hall–Kier alpha value is -4.80. The van der Waals surface area contributed by atoms with E-state index in [1.54, 1.807) is 18.1 Å². The first-order valence-corrected chi connectivity index (χ1v) is 15.2. The normalized spacial score (nSPS) is 17.7. The molecule has 2 fully saturated rings. The average Bonchev–Trinajstić information content (AvgIpc) is 3.80. The highest BCUT2D eigenvalue weighted by molar-refractivity contribution is 6.05. The van der Waals surface area contributed by atoms with Crippen molar-refractivity contribution in [1.82, 2.24) is 19.4 Å². The van der Waals surface area contributed by atoms with Crippen LogP contribution in [0, 0.1) is 0 Å². The molecule has 1 aliphatic carbocycles. The van der Waals surface area contributed by atoms with Crippen LogP contribution in [0.3, 0.4) is 0 Å². The molecule has 0 bridgehead atoms. The minimum Gasteiger partial charge on any atom is -0.343 e. The number of nitrogens with one attached hydrogen (secondary N) is 2. The molecule has 1 aliphatic heterocycles. The van der Waals surface area contributed by atoms with Crippen LogP contribution >= 0.6 is 0 Å². The van der Waals surface area contributed by atoms with Crippen molar-refractivity contribution in [2.45, 2.75) is 37.8 Å². The fourth-order valence-corrected chi connectivity index (χ4v) is 5.90. The van der Waals surface area contributed by atoms with Crippen LogP contribution in [0.1, 0.15) is 52.9 Å². The van der Waals surface area contributed by atoms with Crippen LogP contribution in [0.5, 0.6) is 0 Å². The first kappa shape index (κ1) is 30.2. The number of hydrogen-bond acceptors (Lipinski definition) is 7. The summed E-state index contributed by atoms with van der Waals surface area (Å²) in [5.74, 6) is -0.0146. The Kier molecular flexibility index (Phi) is 8.03. The van der Waals surface area contributed by atoms with Gasteiger partial charge in [0.15, 0.2) is 5.82 Å². The summed E-state index contributed by atoms with van der Waals surface area (Å²) in [6.07, 6.45) is 4.01. The molecule has 2 amide bonds. The lowest BCUT2D eigenvalue weighted by Crippen LogP contribution is -2.48. The number of carbonyl (C=O) groups is 2. The van der Waals surface area contributed by atoms with Gasteiger partial charge in [-0.3, -0.25) is 19.3 Å². The van der Waals surface area contributed by atoms with Gasteiger partial charge in [-0.25, -0.2) is 4.98 Å². The number of carbonyl (C=O) groups excluding carboxylic acids is 2. The Bertz CT molecular complexity index is 1810. The second kappa shape index (κ2) is 11.9. The lowest BCUT2D eigenvalue weighted by atomic mass is 9.97. The number of hydrogen-bond donors (Lipinski definition) is 3. The third-order valence-electron chi connectivity index (χ3n) is 9.15. The van der Waals surface area contributed by atoms with E-state index in [0.29, 0.717) is 40.3 Å². The lowest BCUT2D eigenvalue weighted by molar-refractivity contribution is -0.139. The first-order valence-electron chi connectivity index (χ1n) is 15.2. The molecule has 0 spiro atoms. The van der Waals surface area contributed by atoms with Crippen LogP contribution in [-0.2, 0) is 23.8 Å². The van der Waals surface area contributed by atoms with E-state index in [4.69, 9.17) is 5.73 Å². The Labute approximate surface area is 262 Å². The Morgan fingerprint density at radius 1 is 0.978 bits per heavy atom. The number of aromatic nitrogens is 2. The number of aryl methyl sites for hydroxylation is 1. The highest BCUT2D eigenvalue weighted by Crippen LogP contribution is 2.47. The van der Waals surface area contributed by atoms with Gasteiger partial charge in [0.2, 0.25) is 5.91 Å². The molecule has 0 radical (unpaired) electrons. The molecule has 2 heterocycles. The summed E-state index contributed by atoms with van der Waals surface area (Å²) < 4.78 is 1.47. The van der Waals surface area contributed by atoms with E-state index in [1.807, 2.05) is 85.7 Å². The van der Waals surface area contributed by atoms with Crippen LogP contribution in [0.4, 0.5) is 17.2 Å². The standard InChI is InChI=1S/C35H39N7O3/c1-35(16-17-35)24-12-8-23(9-13-24)32(43)39-28-7-5-6-26(27(28)20-36)29-21-42(4)34(45)31(38-29)37-25-14-10-22(11-15-25)30-33(44)41(3)19-18-40(30)2/h5-15,21,30H,16-20,36H2,1-4H3,(H,37,38)(H,39,43). The molecule has 1 atom stereocenters. The summed E-state index contributed by atoms with van der Waals surface area (Å²) in [6.45, 7) is 3.89. The molecule has 6 rings (SSSR count). The van der Waals surface area contributed by atoms with E-state index in [2.05, 4.69) is 22.5 Å². The number of benzene rings is 3. The maximum atomic E-state index is 13.2. The van der Waals surface area contributed by atoms with Gasteiger partial charge in [-0.1, -0.05) is 43.3 Å². The topological polar surface area (TPSA) is 126 Å². The Morgan fingerprint density at radius 2 is 1.69 bits per heavy atom. The van der Waals surface area contributed by atoms with E-state index in [1.165, 1.54) is 23.0 Å². The molecule has 3 aromatic carbocycles. The molecule has 45 heavy (non-hydrogen) atoms. The fraction of sp³-hybridized carbons (Fsp3) is 0.314. The molecule has 1 saturated heterocycles. The Morgan fingerprint density at radius 3 is 2.36 bits per heavy atom. The molecular weight excluding hydrogens is 566 g/mol. The second-order valence-electron chi connectivity index (χ2n) is 12.4. The van der Waals surface area contributed by atoms with Crippen LogP contribution in [0.15, 0.2) is 77.7 Å². The molecule has 1 unspecified atom stereocenters. The third-order valence-corrected chi connectivity index (χ3v) is 9.15. The number of likely N-dealkylation sites (N-methyl/N-ethyl adjacent to an activating group) is 2. The van der Waals surface area contributed by atoms with Gasteiger partial charge in [0.25, 0.3) is 11.5 Å². The van der Waals surface area contributed by atoms with Crippen molar-refractivity contribution in [3.63, 3.8) is 0 Å². The van der Waals surface area contributed by atoms with Gasteiger partial charge in [0.1, 0.15) is 6.04 Å². The second-order valence-corrected chi connectivity index (χ2v) is 12.4. The SMILES string of the molecule is CN1CCN(C)C(c2ccc(Nc3nc(-c4cccc(NC(=O)c5ccc(C6(C)CC6)cc5)c4CN)cn(C)c3=O)cc2)C1=O. The minimum atomic E-state index is -0.347. The largest absolute Gasteiger partial charge is 0.343 e. The van der Waals surface area contributed by atoms with Crippen LogP contribution < -0.4 is 21.9 Å². The van der Waals surface area contributed by atoms with Gasteiger partial charge in [-0.05, 0) is 72.3 Å². The van der Waals surface area contributed by atoms with E-state index < -0.39 is 0 Å². The van der Waals surface area contributed by atoms with Crippen molar-refractivity contribution >= 4 is 29.0 Å². The van der Waals surface area contributed by atoms with Gasteiger partial charge < -0.3 is 25.8 Å². The molecule has 4 aromatic rings. The van der Waals surface area contributed by atoms with Gasteiger partial charge in [-0.2, -0.15) is 0 Å². The third kappa shape index (κ3) is 5.99. The molecule has 10 heteroatoms. The summed E-state index contributed by atoms with van der Waals surface area (Å²) in [5, 5.41) is 6.18. The van der Waals surface area contributed by atoms with Crippen LogP contribution in [-0.4, -0.2) is 58.4 Å². The van der Waals surface area contributed by atoms with Crippen molar-refractivity contribution in [3.05, 3.63) is 106 Å². The predicted octanol–water partition coefficient (Wildman–Crippen LogP) is 4.40. The molecule has 4 N–H and O–H groups in total. The summed E-state index contributed by atoms with van der Waals surface area (Å²) in [7, 11) is 5.44. The van der Waals surface area contributed by atoms with Crippen molar-refractivity contribution in [3.8, 4) is 11.3 Å². The molecule has 10 nitrogen and oxygen atoms in total. The van der Waals surface area contributed by atoms with E-state index in [-0.39, 0.29) is 41.2 Å². The summed E-state index contributed by atoms with van der Waals surface area (Å²) in [6, 6.07) is 20.5. The zero-order valence-corrected chi connectivity index (χ0v) is 26.1. The van der Waals surface area contributed by atoms with Crippen molar-refractivity contribution in [2.24, 2.45) is 12.8 Å². The first-order chi connectivity index (χ1) is 21.6. The monoisotopic (exact) mass is 605 g/mol. The Balaban J connectivity index is 1.24. The number of piperazine rings is 1. The predicted molar refractivity (Wildman–Crippen MR) is 177 cm³/mol. The summed E-state index contributed by atoms with van der Waals surface area (Å²) in [4.78, 5) is 47.6. The van der Waals surface area contributed by atoms with Crippen molar-refractivity contribution in [1.29, 1.82) is 0 Å². The number of anilines is 3. The van der Waals surface area contributed by atoms with Gasteiger partial charge in [0.05, 0.1) is 5.69 Å². The van der Waals surface area contributed by atoms with E-state index in [0.717, 1.165) is 12.1 Å². The maximum absolute atomic E-state index is 13.2. The zero-order valence-electron chi connectivity index (χ0n) is 26.1. The molecule has 1 saturated carbocycles. The van der Waals surface area contributed by atoms with Crippen LogP contribution in [0.2, 0.25) is 0 Å². The number of rotatable bonds is 8. The molecule has 2 aliphatic rings. The zero-order chi connectivity index (χ0) is 31.9. The van der Waals surface area contributed by atoms with Crippen molar-refractivity contribution < 1.29 is 9.59 Å². The fourth-order valence-electron chi connectivity index (χ4n) is 5.90. The molecule has 1 aromatic heterocycles. The van der Waals surface area contributed by atoms with E-state index >= 15 is 0 Å². The highest BCUT2D eigenvalue weighted by atomic mass is 16.2. The van der Waals surface area contributed by atoms with Gasteiger partial charge >= 0.3 is 0 Å². The number of nitrogens with zero attached hydrogens (tertiary/aromatic N) is 4. The molecular formula is C35H39N7O3. The van der Waals surface area contributed by atoms with Gasteiger partial charge in [-0.15, -0.1) is 0 Å². The smallest absolute Gasteiger partial charge is 0.293 e. The lowest BCUT2D eigenvalue weighted by Gasteiger charge is -2.37. The quantitative estimate of drug-likeness (QED) is 0.272. The van der Waals surface area contributed by atoms with Gasteiger partial charge in [0, 0.05) is 62.4 Å². The number of amides is 2. The van der Waals surface area contributed by atoms with Crippen molar-refractivity contribution in [2.75, 3.05) is 37.8 Å². The van der Waals surface area contributed by atoms with E-state index in [9.17, 15) is 14.4 Å². The average molecular weight is 606 g/mol. The van der Waals surface area contributed by atoms with Crippen LogP contribution in [0.25, 0.3) is 11.3 Å². The maximum Gasteiger partial charge on any atom is 0.293 e. The number of nitrogens with two attached hydrogens (primary N) is 1. The summed E-state index contributed by atoms with van der Waals surface area (Å²) in [5.41, 5.74) is 12.1.